The molecule has 2 rings (SSSR count). The maximum atomic E-state index is 12.1. The first-order valence-electron chi connectivity index (χ1n) is 6.05. The topological polar surface area (TPSA) is 84.7 Å². The predicted molar refractivity (Wildman–Crippen MR) is 78.7 cm³/mol. The van der Waals surface area contributed by atoms with Crippen molar-refractivity contribution in [1.82, 2.24) is 4.90 Å². The average molecular weight is 325 g/mol. The zero-order valence-corrected chi connectivity index (χ0v) is 12.3. The summed E-state index contributed by atoms with van der Waals surface area (Å²) in [5.41, 5.74) is 11.7. The van der Waals surface area contributed by atoms with Crippen LogP contribution in [0.1, 0.15) is 11.5 Å². The van der Waals surface area contributed by atoms with Crippen LogP contribution in [0.25, 0.3) is 0 Å². The number of nitrogens with zero attached hydrogens (tertiary/aromatic N) is 2. The Bertz CT molecular complexity index is 496. The molecule has 1 aromatic rings. The summed E-state index contributed by atoms with van der Waals surface area (Å²) < 4.78 is 1.02. The monoisotopic (exact) mass is 324 g/mol. The quantitative estimate of drug-likeness (QED) is 0.625. The number of benzene rings is 1. The molecule has 0 bridgehead atoms. The molecule has 0 spiro atoms. The van der Waals surface area contributed by atoms with Gasteiger partial charge in [-0.25, -0.2) is 0 Å². The Morgan fingerprint density at radius 1 is 1.32 bits per heavy atom. The second-order valence-electron chi connectivity index (χ2n) is 4.86. The smallest absolute Gasteiger partial charge is 0.253 e. The molecule has 2 atom stereocenters. The van der Waals surface area contributed by atoms with Gasteiger partial charge in [-0.05, 0) is 24.7 Å². The van der Waals surface area contributed by atoms with Crippen LogP contribution < -0.4 is 11.5 Å². The molecule has 0 unspecified atom stereocenters. The van der Waals surface area contributed by atoms with Crippen molar-refractivity contribution in [2.45, 2.75) is 5.92 Å². The number of halogens is 1. The number of amides is 1. The number of hydrogen-bond donors (Lipinski definition) is 2. The van der Waals surface area contributed by atoms with E-state index in [1.54, 1.807) is 0 Å². The number of likely N-dealkylation sites (tertiary alicyclic amines) is 1. The summed E-state index contributed by atoms with van der Waals surface area (Å²) >= 11 is 3.41. The minimum absolute atomic E-state index is 0.133. The SMILES string of the molecule is CN1C[C@H](C(=O)N=C(N)N)[C@@H](c2ccc(Br)cc2)C1. The number of guanidine groups is 1. The summed E-state index contributed by atoms with van der Waals surface area (Å²) in [4.78, 5) is 17.9. The normalized spacial score (nSPS) is 23.3. The molecule has 0 aromatic heterocycles. The molecule has 1 heterocycles. The molecule has 0 radical (unpaired) electrons. The number of aliphatic imine (C=N–C) groups is 1. The first kappa shape index (κ1) is 14.0. The maximum Gasteiger partial charge on any atom is 0.253 e. The second-order valence-corrected chi connectivity index (χ2v) is 5.78. The van der Waals surface area contributed by atoms with Crippen LogP contribution in [-0.4, -0.2) is 36.9 Å². The summed E-state index contributed by atoms with van der Waals surface area (Å²) in [5, 5.41) is 0. The molecule has 1 fully saturated rings. The van der Waals surface area contributed by atoms with E-state index in [1.807, 2.05) is 31.3 Å². The lowest BCUT2D eigenvalue weighted by Gasteiger charge is -2.16. The lowest BCUT2D eigenvalue weighted by atomic mass is 9.88. The van der Waals surface area contributed by atoms with E-state index >= 15 is 0 Å². The fourth-order valence-corrected chi connectivity index (χ4v) is 2.77. The van der Waals surface area contributed by atoms with Crippen molar-refractivity contribution in [2.75, 3.05) is 20.1 Å². The Labute approximate surface area is 120 Å². The lowest BCUT2D eigenvalue weighted by molar-refractivity contribution is -0.121. The van der Waals surface area contributed by atoms with Crippen LogP contribution in [0.3, 0.4) is 0 Å². The largest absolute Gasteiger partial charge is 0.370 e. The molecule has 1 amide bonds. The Morgan fingerprint density at radius 3 is 2.53 bits per heavy atom. The molecule has 1 saturated heterocycles. The van der Waals surface area contributed by atoms with Crippen LogP contribution in [0, 0.1) is 5.92 Å². The van der Waals surface area contributed by atoms with Crippen LogP contribution in [0.5, 0.6) is 0 Å². The summed E-state index contributed by atoms with van der Waals surface area (Å²) in [5.74, 6) is -0.464. The van der Waals surface area contributed by atoms with E-state index in [1.165, 1.54) is 0 Å². The third kappa shape index (κ3) is 3.33. The molecule has 102 valence electrons. The Hall–Kier alpha value is -1.40. The van der Waals surface area contributed by atoms with Crippen LogP contribution in [-0.2, 0) is 4.79 Å². The fourth-order valence-electron chi connectivity index (χ4n) is 2.51. The average Bonchev–Trinajstić information content (AvgIpc) is 2.71. The van der Waals surface area contributed by atoms with E-state index in [4.69, 9.17) is 11.5 Å². The van der Waals surface area contributed by atoms with Crippen molar-refractivity contribution in [1.29, 1.82) is 0 Å². The van der Waals surface area contributed by atoms with E-state index in [9.17, 15) is 4.79 Å². The highest BCUT2D eigenvalue weighted by atomic mass is 79.9. The second kappa shape index (κ2) is 5.71. The summed E-state index contributed by atoms with van der Waals surface area (Å²) in [7, 11) is 1.99. The van der Waals surface area contributed by atoms with Gasteiger partial charge in [0, 0.05) is 23.5 Å². The highest BCUT2D eigenvalue weighted by molar-refractivity contribution is 9.10. The van der Waals surface area contributed by atoms with Gasteiger partial charge in [0.25, 0.3) is 5.91 Å². The van der Waals surface area contributed by atoms with Gasteiger partial charge in [-0.3, -0.25) is 4.79 Å². The van der Waals surface area contributed by atoms with Gasteiger partial charge >= 0.3 is 0 Å². The summed E-state index contributed by atoms with van der Waals surface area (Å²) in [6.45, 7) is 1.51. The van der Waals surface area contributed by atoms with Gasteiger partial charge in [-0.1, -0.05) is 28.1 Å². The molecule has 0 aliphatic carbocycles. The molecular formula is C13H17BrN4O. The number of rotatable bonds is 2. The molecule has 5 nitrogen and oxygen atoms in total. The Balaban J connectivity index is 2.25. The third-order valence-corrected chi connectivity index (χ3v) is 3.89. The highest BCUT2D eigenvalue weighted by Gasteiger charge is 2.36. The maximum absolute atomic E-state index is 12.1. The van der Waals surface area contributed by atoms with E-state index in [0.29, 0.717) is 6.54 Å². The van der Waals surface area contributed by atoms with Crippen LogP contribution in [0.4, 0.5) is 0 Å². The van der Waals surface area contributed by atoms with E-state index < -0.39 is 0 Å². The molecular weight excluding hydrogens is 308 g/mol. The van der Waals surface area contributed by atoms with E-state index in [-0.39, 0.29) is 23.7 Å². The van der Waals surface area contributed by atoms with E-state index in [0.717, 1.165) is 16.6 Å². The van der Waals surface area contributed by atoms with Crippen molar-refractivity contribution < 1.29 is 4.79 Å². The molecule has 4 N–H and O–H groups in total. The van der Waals surface area contributed by atoms with Gasteiger partial charge in [-0.2, -0.15) is 4.99 Å². The first-order chi connectivity index (χ1) is 8.97. The number of likely N-dealkylation sites (N-methyl/N-ethyl adjacent to an activating group) is 1. The molecule has 1 aliphatic rings. The Morgan fingerprint density at radius 2 is 1.95 bits per heavy atom. The van der Waals surface area contributed by atoms with Gasteiger partial charge < -0.3 is 16.4 Å². The van der Waals surface area contributed by atoms with Crippen molar-refractivity contribution >= 4 is 27.8 Å². The molecule has 0 saturated carbocycles. The predicted octanol–water partition coefficient (Wildman–Crippen LogP) is 0.894. The van der Waals surface area contributed by atoms with Crippen LogP contribution in [0.2, 0.25) is 0 Å². The first-order valence-corrected chi connectivity index (χ1v) is 6.84. The molecule has 6 heteroatoms. The standard InChI is InChI=1S/C13H17BrN4O/c1-18-6-10(8-2-4-9(14)5-3-8)11(7-18)12(19)17-13(15)16/h2-5,10-11H,6-7H2,1H3,(H4,15,16,17,19)/t10-,11+/m1/s1. The fraction of sp³-hybridized carbons (Fsp3) is 0.385. The van der Waals surface area contributed by atoms with Crippen LogP contribution >= 0.6 is 15.9 Å². The molecule has 1 aromatic carbocycles. The van der Waals surface area contributed by atoms with Gasteiger partial charge in [0.2, 0.25) is 0 Å². The lowest BCUT2D eigenvalue weighted by Crippen LogP contribution is -2.28. The molecule has 1 aliphatic heterocycles. The number of carbonyl (C=O) groups is 1. The van der Waals surface area contributed by atoms with Gasteiger partial charge in [0.05, 0.1) is 5.92 Å². The van der Waals surface area contributed by atoms with Crippen LogP contribution in [0.15, 0.2) is 33.7 Å². The highest BCUT2D eigenvalue weighted by Crippen LogP contribution is 2.33. The van der Waals surface area contributed by atoms with Gasteiger partial charge in [0.15, 0.2) is 5.96 Å². The van der Waals surface area contributed by atoms with Crippen molar-refractivity contribution in [3.05, 3.63) is 34.3 Å². The number of hydrogen-bond acceptors (Lipinski definition) is 2. The minimum Gasteiger partial charge on any atom is -0.370 e. The van der Waals surface area contributed by atoms with Crippen molar-refractivity contribution in [2.24, 2.45) is 22.4 Å². The zero-order valence-electron chi connectivity index (χ0n) is 10.7. The summed E-state index contributed by atoms with van der Waals surface area (Å²) in [6.07, 6.45) is 0. The number of carbonyl (C=O) groups excluding carboxylic acids is 1. The third-order valence-electron chi connectivity index (χ3n) is 3.36. The van der Waals surface area contributed by atoms with Crippen molar-refractivity contribution in [3.63, 3.8) is 0 Å². The van der Waals surface area contributed by atoms with Gasteiger partial charge in [0.1, 0.15) is 0 Å². The van der Waals surface area contributed by atoms with Gasteiger partial charge in [-0.15, -0.1) is 0 Å². The minimum atomic E-state index is -0.239. The Kier molecular flexibility index (Phi) is 4.21. The zero-order chi connectivity index (χ0) is 14.0. The molecule has 19 heavy (non-hydrogen) atoms. The number of nitrogens with two attached hydrogens (primary N) is 2. The van der Waals surface area contributed by atoms with E-state index in [2.05, 4.69) is 25.8 Å². The van der Waals surface area contributed by atoms with Crippen molar-refractivity contribution in [3.8, 4) is 0 Å². The summed E-state index contributed by atoms with van der Waals surface area (Å²) in [6, 6.07) is 8.03.